The molecule has 0 unspecified atom stereocenters. The number of rotatable bonds is 8. The molecule has 0 bridgehead atoms. The smallest absolute Gasteiger partial charge is 0.388 e. The van der Waals surface area contributed by atoms with Crippen LogP contribution in [0.25, 0.3) is 0 Å². The lowest BCUT2D eigenvalue weighted by atomic mass is 10.4. The number of nitrogens with zero attached hydrogens (tertiary/aromatic N) is 3. The van der Waals surface area contributed by atoms with Gasteiger partial charge in [-0.15, -0.1) is 12.4 Å². The van der Waals surface area contributed by atoms with Gasteiger partial charge >= 0.3 is 6.18 Å². The molecule has 1 heterocycles. The monoisotopic (exact) mass is 369 g/mol. The van der Waals surface area contributed by atoms with Crippen LogP contribution in [0.3, 0.4) is 0 Å². The number of hydrogen-bond donors (Lipinski definition) is 4. The molecule has 0 aliphatic heterocycles. The third-order valence-electron chi connectivity index (χ3n) is 2.38. The Labute approximate surface area is 142 Å². The predicted octanol–water partition coefficient (Wildman–Crippen LogP) is 1.07. The Balaban J connectivity index is 0.00000529. The van der Waals surface area contributed by atoms with Gasteiger partial charge in [-0.25, -0.2) is 15.0 Å². The molecule has 0 aliphatic rings. The largest absolute Gasteiger partial charge is 0.408 e. The third-order valence-corrected chi connectivity index (χ3v) is 2.38. The van der Waals surface area contributed by atoms with Crippen LogP contribution in [-0.2, 0) is 11.2 Å². The van der Waals surface area contributed by atoms with Gasteiger partial charge in [-0.3, -0.25) is 5.41 Å². The Morgan fingerprint density at radius 3 is 2.67 bits per heavy atom. The first kappa shape index (κ1) is 21.9. The van der Waals surface area contributed by atoms with Gasteiger partial charge in [0.1, 0.15) is 18.2 Å². The normalized spacial score (nSPS) is 11.7. The van der Waals surface area contributed by atoms with Crippen LogP contribution >= 0.6 is 12.4 Å². The molecule has 136 valence electrons. The first-order chi connectivity index (χ1) is 10.8. The SMILES string of the molecule is Cl.N=C(N)CCOCCc1nccc(NC(N)=NCC(F)(F)F)n1. The molecule has 8 nitrogen and oxygen atoms in total. The molecule has 12 heteroatoms. The van der Waals surface area contributed by atoms with Gasteiger partial charge in [0.15, 0.2) is 5.96 Å². The number of nitrogens with two attached hydrogens (primary N) is 2. The molecule has 0 saturated carbocycles. The van der Waals surface area contributed by atoms with E-state index in [1.807, 2.05) is 0 Å². The Hall–Kier alpha value is -2.14. The number of halogens is 4. The van der Waals surface area contributed by atoms with Crippen molar-refractivity contribution in [2.45, 2.75) is 19.0 Å². The Morgan fingerprint density at radius 1 is 1.33 bits per heavy atom. The minimum absolute atomic E-state index is 0. The minimum atomic E-state index is -4.42. The van der Waals surface area contributed by atoms with Crippen LogP contribution in [0, 0.1) is 5.41 Å². The van der Waals surface area contributed by atoms with Crippen molar-refractivity contribution in [3.8, 4) is 0 Å². The summed E-state index contributed by atoms with van der Waals surface area (Å²) in [6.45, 7) is -0.716. The van der Waals surface area contributed by atoms with Crippen LogP contribution in [0.15, 0.2) is 17.3 Å². The molecule has 6 N–H and O–H groups in total. The lowest BCUT2D eigenvalue weighted by Crippen LogP contribution is -2.26. The molecule has 0 aliphatic carbocycles. The van der Waals surface area contributed by atoms with E-state index in [0.717, 1.165) is 0 Å². The van der Waals surface area contributed by atoms with E-state index in [9.17, 15) is 13.2 Å². The summed E-state index contributed by atoms with van der Waals surface area (Å²) in [5, 5.41) is 9.49. The summed E-state index contributed by atoms with van der Waals surface area (Å²) in [6, 6.07) is 1.45. The van der Waals surface area contributed by atoms with E-state index in [-0.39, 0.29) is 30.0 Å². The summed E-state index contributed by atoms with van der Waals surface area (Å²) in [7, 11) is 0. The van der Waals surface area contributed by atoms with E-state index in [2.05, 4.69) is 20.3 Å². The van der Waals surface area contributed by atoms with Gasteiger partial charge in [0.05, 0.1) is 19.0 Å². The van der Waals surface area contributed by atoms with Crippen LogP contribution in [0.5, 0.6) is 0 Å². The maximum absolute atomic E-state index is 12.0. The van der Waals surface area contributed by atoms with Crippen molar-refractivity contribution < 1.29 is 17.9 Å². The zero-order valence-electron chi connectivity index (χ0n) is 12.6. The highest BCUT2D eigenvalue weighted by atomic mass is 35.5. The molecule has 24 heavy (non-hydrogen) atoms. The predicted molar refractivity (Wildman–Crippen MR) is 86.5 cm³/mol. The number of hydrogen-bond acceptors (Lipinski definition) is 5. The summed E-state index contributed by atoms with van der Waals surface area (Å²) in [4.78, 5) is 11.2. The van der Waals surface area contributed by atoms with Crippen molar-refractivity contribution in [3.05, 3.63) is 18.1 Å². The molecule has 1 rings (SSSR count). The van der Waals surface area contributed by atoms with E-state index in [1.165, 1.54) is 12.3 Å². The van der Waals surface area contributed by atoms with Crippen molar-refractivity contribution in [1.82, 2.24) is 9.97 Å². The van der Waals surface area contributed by atoms with Crippen LogP contribution in [0.1, 0.15) is 12.2 Å². The molecule has 1 aromatic heterocycles. The first-order valence-corrected chi connectivity index (χ1v) is 6.62. The molecule has 0 aromatic carbocycles. The van der Waals surface area contributed by atoms with Gasteiger partial charge < -0.3 is 21.5 Å². The number of guanidine groups is 1. The van der Waals surface area contributed by atoms with E-state index in [1.54, 1.807) is 0 Å². The lowest BCUT2D eigenvalue weighted by molar-refractivity contribution is -0.118. The second-order valence-corrected chi connectivity index (χ2v) is 4.44. The topological polar surface area (TPSA) is 135 Å². The first-order valence-electron chi connectivity index (χ1n) is 6.62. The molecular formula is C12H19ClF3N7O. The van der Waals surface area contributed by atoms with Crippen LogP contribution in [-0.4, -0.2) is 47.7 Å². The molecule has 0 saturated heterocycles. The number of amidine groups is 1. The number of aromatic nitrogens is 2. The van der Waals surface area contributed by atoms with Crippen molar-refractivity contribution in [3.63, 3.8) is 0 Å². The molecule has 1 aromatic rings. The van der Waals surface area contributed by atoms with Gasteiger partial charge in [0.2, 0.25) is 0 Å². The second-order valence-electron chi connectivity index (χ2n) is 4.44. The van der Waals surface area contributed by atoms with Gasteiger partial charge in [0, 0.05) is 19.0 Å². The third kappa shape index (κ3) is 10.6. The van der Waals surface area contributed by atoms with E-state index in [0.29, 0.717) is 31.9 Å². The molecule has 0 atom stereocenters. The summed E-state index contributed by atoms with van der Waals surface area (Å²) in [6.07, 6.45) is -2.24. The van der Waals surface area contributed by atoms with Crippen molar-refractivity contribution in [2.24, 2.45) is 16.5 Å². The fraction of sp³-hybridized carbons (Fsp3) is 0.500. The second kappa shape index (κ2) is 10.6. The average molecular weight is 370 g/mol. The Kier molecular flexibility index (Phi) is 9.65. The highest BCUT2D eigenvalue weighted by Crippen LogP contribution is 2.14. The number of ether oxygens (including phenoxy) is 1. The Morgan fingerprint density at radius 2 is 2.04 bits per heavy atom. The summed E-state index contributed by atoms with van der Waals surface area (Å²) in [5.41, 5.74) is 10.5. The fourth-order valence-corrected chi connectivity index (χ4v) is 1.38. The van der Waals surface area contributed by atoms with Gasteiger partial charge in [-0.05, 0) is 6.07 Å². The van der Waals surface area contributed by atoms with Crippen LogP contribution < -0.4 is 16.8 Å². The van der Waals surface area contributed by atoms with Crippen molar-refractivity contribution in [1.29, 1.82) is 5.41 Å². The van der Waals surface area contributed by atoms with Gasteiger partial charge in [-0.2, -0.15) is 13.2 Å². The molecule has 0 spiro atoms. The van der Waals surface area contributed by atoms with E-state index >= 15 is 0 Å². The summed E-state index contributed by atoms with van der Waals surface area (Å²) >= 11 is 0. The molecule has 0 radical (unpaired) electrons. The minimum Gasteiger partial charge on any atom is -0.388 e. The lowest BCUT2D eigenvalue weighted by Gasteiger charge is -2.08. The quantitative estimate of drug-likeness (QED) is 0.307. The molecule has 0 fully saturated rings. The van der Waals surface area contributed by atoms with E-state index in [4.69, 9.17) is 21.6 Å². The Bertz CT molecular complexity index is 554. The van der Waals surface area contributed by atoms with Crippen LogP contribution in [0.2, 0.25) is 0 Å². The average Bonchev–Trinajstić information content (AvgIpc) is 2.44. The molecular weight excluding hydrogens is 351 g/mol. The maximum Gasteiger partial charge on any atom is 0.408 e. The number of anilines is 1. The van der Waals surface area contributed by atoms with Gasteiger partial charge in [-0.1, -0.05) is 0 Å². The highest BCUT2D eigenvalue weighted by molar-refractivity contribution is 5.91. The molecule has 0 amide bonds. The maximum atomic E-state index is 12.0. The highest BCUT2D eigenvalue weighted by Gasteiger charge is 2.26. The number of nitrogens with one attached hydrogen (secondary N) is 2. The zero-order valence-corrected chi connectivity index (χ0v) is 13.5. The summed E-state index contributed by atoms with van der Waals surface area (Å²) < 4.78 is 41.3. The van der Waals surface area contributed by atoms with Gasteiger partial charge in [0.25, 0.3) is 0 Å². The standard InChI is InChI=1S/C12H18F3N7O.ClH/c13-12(14,15)7-20-11(18)22-10-1-4-19-9(21-10)3-6-23-5-2-8(16)17;/h1,4H,2-3,5-7H2,(H3,16,17)(H3,18,19,20,21,22);1H. The van der Waals surface area contributed by atoms with Crippen LogP contribution in [0.4, 0.5) is 19.0 Å². The number of alkyl halides is 3. The number of aliphatic imine (C=N–C) groups is 1. The zero-order chi connectivity index (χ0) is 17.3. The van der Waals surface area contributed by atoms with E-state index < -0.39 is 12.7 Å². The fourth-order valence-electron chi connectivity index (χ4n) is 1.38. The summed E-state index contributed by atoms with van der Waals surface area (Å²) in [5.74, 6) is 0.328. The van der Waals surface area contributed by atoms with Crippen molar-refractivity contribution >= 4 is 30.0 Å². The van der Waals surface area contributed by atoms with Crippen molar-refractivity contribution in [2.75, 3.05) is 25.1 Å².